The van der Waals surface area contributed by atoms with Crippen molar-refractivity contribution >= 4 is 40.0 Å². The molecule has 0 atom stereocenters. The van der Waals surface area contributed by atoms with Gasteiger partial charge in [-0.05, 0) is 59.0 Å². The summed E-state index contributed by atoms with van der Waals surface area (Å²) in [4.78, 5) is 12.0. The number of hydrogen-bond acceptors (Lipinski definition) is 3. The van der Waals surface area contributed by atoms with Crippen molar-refractivity contribution in [3.8, 4) is 11.5 Å². The number of benzene rings is 2. The van der Waals surface area contributed by atoms with Gasteiger partial charge in [0.15, 0.2) is 12.4 Å². The molecule has 0 saturated heterocycles. The van der Waals surface area contributed by atoms with Gasteiger partial charge in [0.1, 0.15) is 11.5 Å². The number of hydrogen-bond donors (Lipinski definition) is 0. The second-order valence-electron chi connectivity index (χ2n) is 4.02. The van der Waals surface area contributed by atoms with E-state index in [9.17, 15) is 4.79 Å². The lowest BCUT2D eigenvalue weighted by Gasteiger charge is -2.07. The number of Topliss-reactive ketones (excluding diaryl/α,β-unsaturated/α-hetero) is 1. The standard InChI is InChI=1S/C15H12ClIO3/c1-19-15-6-5-10(7-13(15)16)14(18)9-20-12-4-2-3-11(17)8-12/h2-8H,9H2,1H3. The lowest BCUT2D eigenvalue weighted by Crippen LogP contribution is -2.11. The van der Waals surface area contributed by atoms with Gasteiger partial charge in [0.05, 0.1) is 12.1 Å². The molecule has 0 aromatic heterocycles. The van der Waals surface area contributed by atoms with Crippen LogP contribution < -0.4 is 9.47 Å². The minimum absolute atomic E-state index is 0.0250. The molecule has 0 N–H and O–H groups in total. The minimum Gasteiger partial charge on any atom is -0.495 e. The molecule has 0 spiro atoms. The Morgan fingerprint density at radius 1 is 1.25 bits per heavy atom. The molecule has 0 radical (unpaired) electrons. The molecule has 104 valence electrons. The van der Waals surface area contributed by atoms with Crippen LogP contribution >= 0.6 is 34.2 Å². The second-order valence-corrected chi connectivity index (χ2v) is 5.67. The van der Waals surface area contributed by atoms with Crippen LogP contribution in [0.2, 0.25) is 5.02 Å². The SMILES string of the molecule is COc1ccc(C(=O)COc2cccc(I)c2)cc1Cl. The zero-order chi connectivity index (χ0) is 14.5. The van der Waals surface area contributed by atoms with Crippen molar-refractivity contribution in [1.82, 2.24) is 0 Å². The van der Waals surface area contributed by atoms with E-state index in [0.717, 1.165) is 3.57 Å². The number of rotatable bonds is 5. The van der Waals surface area contributed by atoms with Crippen molar-refractivity contribution in [2.75, 3.05) is 13.7 Å². The number of carbonyl (C=O) groups is 1. The zero-order valence-corrected chi connectivity index (χ0v) is 13.6. The van der Waals surface area contributed by atoms with E-state index >= 15 is 0 Å². The smallest absolute Gasteiger partial charge is 0.200 e. The third kappa shape index (κ3) is 3.86. The van der Waals surface area contributed by atoms with Gasteiger partial charge in [-0.2, -0.15) is 0 Å². The van der Waals surface area contributed by atoms with E-state index in [1.807, 2.05) is 24.3 Å². The van der Waals surface area contributed by atoms with E-state index in [2.05, 4.69) is 22.6 Å². The summed E-state index contributed by atoms with van der Waals surface area (Å²) in [6, 6.07) is 12.4. The molecule has 0 aliphatic heterocycles. The molecule has 0 fully saturated rings. The summed E-state index contributed by atoms with van der Waals surface area (Å²) in [5.74, 6) is 1.08. The summed E-state index contributed by atoms with van der Waals surface area (Å²) >= 11 is 8.18. The molecule has 2 aromatic rings. The van der Waals surface area contributed by atoms with Crippen LogP contribution in [0.5, 0.6) is 11.5 Å². The van der Waals surface area contributed by atoms with Crippen LogP contribution in [0.15, 0.2) is 42.5 Å². The first-order valence-corrected chi connectivity index (χ1v) is 7.31. The Morgan fingerprint density at radius 3 is 2.70 bits per heavy atom. The highest BCUT2D eigenvalue weighted by atomic mass is 127. The molecule has 0 aliphatic rings. The first-order chi connectivity index (χ1) is 9.60. The van der Waals surface area contributed by atoms with Crippen LogP contribution in [0.1, 0.15) is 10.4 Å². The summed E-state index contributed by atoms with van der Waals surface area (Å²) in [5, 5.41) is 0.410. The highest BCUT2D eigenvalue weighted by Gasteiger charge is 2.10. The lowest BCUT2D eigenvalue weighted by atomic mass is 10.1. The van der Waals surface area contributed by atoms with Crippen LogP contribution in [0.3, 0.4) is 0 Å². The van der Waals surface area contributed by atoms with Crippen molar-refractivity contribution in [1.29, 1.82) is 0 Å². The maximum atomic E-state index is 12.0. The largest absolute Gasteiger partial charge is 0.495 e. The summed E-state index contributed by atoms with van der Waals surface area (Å²) in [6.45, 7) is -0.0250. The van der Waals surface area contributed by atoms with Gasteiger partial charge in [-0.3, -0.25) is 4.79 Å². The Bertz CT molecular complexity index is 628. The molecular formula is C15H12ClIO3. The lowest BCUT2D eigenvalue weighted by molar-refractivity contribution is 0.0921. The highest BCUT2D eigenvalue weighted by molar-refractivity contribution is 14.1. The number of carbonyl (C=O) groups excluding carboxylic acids is 1. The van der Waals surface area contributed by atoms with Crippen molar-refractivity contribution < 1.29 is 14.3 Å². The summed E-state index contributed by atoms with van der Waals surface area (Å²) in [7, 11) is 1.53. The molecule has 0 heterocycles. The van der Waals surface area contributed by atoms with Gasteiger partial charge in [0.2, 0.25) is 0 Å². The van der Waals surface area contributed by atoms with Crippen LogP contribution in [-0.4, -0.2) is 19.5 Å². The topological polar surface area (TPSA) is 35.5 Å². The van der Waals surface area contributed by atoms with Gasteiger partial charge < -0.3 is 9.47 Å². The van der Waals surface area contributed by atoms with Gasteiger partial charge in [-0.1, -0.05) is 17.7 Å². The third-order valence-corrected chi connectivity index (χ3v) is 3.61. The number of ether oxygens (including phenoxy) is 2. The molecule has 0 amide bonds. The number of methoxy groups -OCH3 is 1. The summed E-state index contributed by atoms with van der Waals surface area (Å²) in [5.41, 5.74) is 0.501. The van der Waals surface area contributed by atoms with E-state index in [1.165, 1.54) is 7.11 Å². The van der Waals surface area contributed by atoms with Gasteiger partial charge in [-0.25, -0.2) is 0 Å². The fourth-order valence-electron chi connectivity index (χ4n) is 1.63. The van der Waals surface area contributed by atoms with E-state index in [0.29, 0.717) is 22.1 Å². The Hall–Kier alpha value is -1.27. The van der Waals surface area contributed by atoms with Crippen molar-refractivity contribution in [3.05, 3.63) is 56.6 Å². The van der Waals surface area contributed by atoms with Gasteiger partial charge in [-0.15, -0.1) is 0 Å². The van der Waals surface area contributed by atoms with Gasteiger partial charge >= 0.3 is 0 Å². The Morgan fingerprint density at radius 2 is 2.05 bits per heavy atom. The van der Waals surface area contributed by atoms with Crippen molar-refractivity contribution in [2.45, 2.75) is 0 Å². The van der Waals surface area contributed by atoms with Crippen molar-refractivity contribution in [2.24, 2.45) is 0 Å². The average Bonchev–Trinajstić information content (AvgIpc) is 2.44. The fourth-order valence-corrected chi connectivity index (χ4v) is 2.40. The zero-order valence-electron chi connectivity index (χ0n) is 10.7. The molecule has 0 saturated carbocycles. The summed E-state index contributed by atoms with van der Waals surface area (Å²) in [6.07, 6.45) is 0. The Balaban J connectivity index is 2.03. The second kappa shape index (κ2) is 6.95. The van der Waals surface area contributed by atoms with Gasteiger partial charge in [0.25, 0.3) is 0 Å². The molecular weight excluding hydrogens is 391 g/mol. The van der Waals surface area contributed by atoms with E-state index in [1.54, 1.807) is 18.2 Å². The van der Waals surface area contributed by atoms with E-state index in [-0.39, 0.29) is 12.4 Å². The Kier molecular flexibility index (Phi) is 5.25. The van der Waals surface area contributed by atoms with E-state index in [4.69, 9.17) is 21.1 Å². The van der Waals surface area contributed by atoms with Crippen LogP contribution in [0.4, 0.5) is 0 Å². The van der Waals surface area contributed by atoms with E-state index < -0.39 is 0 Å². The third-order valence-electron chi connectivity index (χ3n) is 2.64. The Labute approximate surface area is 136 Å². The molecule has 5 heteroatoms. The molecule has 0 aliphatic carbocycles. The van der Waals surface area contributed by atoms with Crippen molar-refractivity contribution in [3.63, 3.8) is 0 Å². The maximum Gasteiger partial charge on any atom is 0.200 e. The molecule has 3 nitrogen and oxygen atoms in total. The molecule has 0 unspecified atom stereocenters. The number of ketones is 1. The molecule has 20 heavy (non-hydrogen) atoms. The number of halogens is 2. The monoisotopic (exact) mass is 402 g/mol. The predicted molar refractivity (Wildman–Crippen MR) is 87.0 cm³/mol. The molecule has 2 rings (SSSR count). The summed E-state index contributed by atoms with van der Waals surface area (Å²) < 4.78 is 11.6. The predicted octanol–water partition coefficient (Wildman–Crippen LogP) is 4.21. The normalized spacial score (nSPS) is 10.2. The van der Waals surface area contributed by atoms with Crippen LogP contribution in [0, 0.1) is 3.57 Å². The minimum atomic E-state index is -0.131. The quantitative estimate of drug-likeness (QED) is 0.555. The maximum absolute atomic E-state index is 12.0. The van der Waals surface area contributed by atoms with Gasteiger partial charge in [0, 0.05) is 9.13 Å². The first kappa shape index (κ1) is 15.1. The molecule has 0 bridgehead atoms. The highest BCUT2D eigenvalue weighted by Crippen LogP contribution is 2.25. The molecule has 2 aromatic carbocycles. The average molecular weight is 403 g/mol. The first-order valence-electron chi connectivity index (χ1n) is 5.85. The fraction of sp³-hybridized carbons (Fsp3) is 0.133. The van der Waals surface area contributed by atoms with Crippen LogP contribution in [-0.2, 0) is 0 Å². The van der Waals surface area contributed by atoms with Crippen LogP contribution in [0.25, 0.3) is 0 Å².